The molecule has 3 heteroatoms. The summed E-state index contributed by atoms with van der Waals surface area (Å²) in [5.41, 5.74) is 0. The topological polar surface area (TPSA) is 43.5 Å². The summed E-state index contributed by atoms with van der Waals surface area (Å²) in [6.07, 6.45) is 10.5. The van der Waals surface area contributed by atoms with Crippen molar-refractivity contribution in [1.82, 2.24) is 4.98 Å². The van der Waals surface area contributed by atoms with Crippen LogP contribution in [0.5, 0.6) is 0 Å². The highest BCUT2D eigenvalue weighted by molar-refractivity contribution is 4.77. The number of hydrogen-bond acceptors (Lipinski definition) is 1. The van der Waals surface area contributed by atoms with Crippen LogP contribution in [-0.4, -0.2) is 4.98 Å². The molecule has 0 atom stereocenters. The zero-order valence-electron chi connectivity index (χ0n) is 9.50. The Balaban J connectivity index is 2.33. The Morgan fingerprint density at radius 1 is 1.40 bits per heavy atom. The van der Waals surface area contributed by atoms with Crippen LogP contribution in [-0.2, 0) is 13.0 Å². The molecule has 0 aliphatic heterocycles. The first-order valence-corrected chi connectivity index (χ1v) is 5.81. The van der Waals surface area contributed by atoms with Crippen LogP contribution in [0.2, 0.25) is 0 Å². The number of rotatable bonds is 7. The van der Waals surface area contributed by atoms with Gasteiger partial charge in [-0.15, -0.1) is 0 Å². The Bertz CT molecular complexity index is 309. The lowest BCUT2D eigenvalue weighted by atomic mass is 10.2. The van der Waals surface area contributed by atoms with Crippen LogP contribution in [0.3, 0.4) is 0 Å². The fourth-order valence-electron chi connectivity index (χ4n) is 1.65. The number of nitrogens with zero attached hydrogens (tertiary/aromatic N) is 2. The first-order valence-electron chi connectivity index (χ1n) is 5.81. The van der Waals surface area contributed by atoms with Crippen molar-refractivity contribution in [2.45, 2.75) is 52.0 Å². The number of hydrogen-bond donors (Lipinski definition) is 1. The van der Waals surface area contributed by atoms with Crippen LogP contribution in [0.15, 0.2) is 12.4 Å². The van der Waals surface area contributed by atoms with Gasteiger partial charge in [0.1, 0.15) is 12.4 Å². The standard InChI is InChI=1S/C12H19N3/c1-2-3-7-12-14-9-11-15(12)10-6-4-5-8-13/h9,11H,2-7,10H2,1H3/p+1. The monoisotopic (exact) mass is 206 g/mol. The summed E-state index contributed by atoms with van der Waals surface area (Å²) < 4.78 is 2.27. The lowest BCUT2D eigenvalue weighted by Gasteiger charge is -1.99. The first-order chi connectivity index (χ1) is 7.38. The van der Waals surface area contributed by atoms with Crippen LogP contribution >= 0.6 is 0 Å². The van der Waals surface area contributed by atoms with Gasteiger partial charge in [0.25, 0.3) is 5.82 Å². The molecule has 1 aromatic rings. The van der Waals surface area contributed by atoms with Crippen LogP contribution in [0.25, 0.3) is 0 Å². The van der Waals surface area contributed by atoms with E-state index >= 15 is 0 Å². The van der Waals surface area contributed by atoms with Crippen molar-refractivity contribution in [2.75, 3.05) is 0 Å². The summed E-state index contributed by atoms with van der Waals surface area (Å²) in [7, 11) is 0. The number of H-pyrrole nitrogens is 1. The van der Waals surface area contributed by atoms with Gasteiger partial charge in [0, 0.05) is 12.8 Å². The molecule has 1 rings (SSSR count). The summed E-state index contributed by atoms with van der Waals surface area (Å²) in [5, 5.41) is 8.43. The predicted octanol–water partition coefficient (Wildman–Crippen LogP) is 2.34. The van der Waals surface area contributed by atoms with Crippen molar-refractivity contribution >= 4 is 0 Å². The van der Waals surface area contributed by atoms with Crippen molar-refractivity contribution in [3.05, 3.63) is 18.2 Å². The largest absolute Gasteiger partial charge is 0.254 e. The molecular formula is C12H20N3+. The molecule has 0 aliphatic carbocycles. The minimum atomic E-state index is 0.676. The van der Waals surface area contributed by atoms with E-state index in [9.17, 15) is 0 Å². The molecule has 0 amide bonds. The fourth-order valence-corrected chi connectivity index (χ4v) is 1.65. The molecule has 3 nitrogen and oxygen atoms in total. The molecule has 0 saturated heterocycles. The van der Waals surface area contributed by atoms with Gasteiger partial charge in [-0.2, -0.15) is 5.26 Å². The first kappa shape index (κ1) is 11.8. The number of nitrogens with one attached hydrogen (secondary N) is 1. The second-order valence-electron chi connectivity index (χ2n) is 3.82. The predicted molar refractivity (Wildman–Crippen MR) is 59.1 cm³/mol. The average Bonchev–Trinajstić information content (AvgIpc) is 2.69. The second-order valence-corrected chi connectivity index (χ2v) is 3.82. The fraction of sp³-hybridized carbons (Fsp3) is 0.667. The molecule has 1 heterocycles. The van der Waals surface area contributed by atoms with Gasteiger partial charge in [-0.1, -0.05) is 13.3 Å². The van der Waals surface area contributed by atoms with Gasteiger partial charge in [-0.3, -0.25) is 0 Å². The lowest BCUT2D eigenvalue weighted by Crippen LogP contribution is -2.36. The van der Waals surface area contributed by atoms with E-state index in [-0.39, 0.29) is 0 Å². The number of aromatic nitrogens is 2. The Morgan fingerprint density at radius 2 is 2.27 bits per heavy atom. The summed E-state index contributed by atoms with van der Waals surface area (Å²) in [5.74, 6) is 1.31. The highest BCUT2D eigenvalue weighted by Gasteiger charge is 2.08. The summed E-state index contributed by atoms with van der Waals surface area (Å²) in [6.45, 7) is 3.24. The molecule has 0 unspecified atom stereocenters. The van der Waals surface area contributed by atoms with Gasteiger partial charge >= 0.3 is 0 Å². The molecule has 0 bridgehead atoms. The smallest absolute Gasteiger partial charge is 0.248 e. The van der Waals surface area contributed by atoms with Crippen molar-refractivity contribution < 1.29 is 4.57 Å². The molecule has 1 aromatic heterocycles. The van der Waals surface area contributed by atoms with E-state index in [0.29, 0.717) is 6.42 Å². The number of nitriles is 1. The molecule has 0 aromatic carbocycles. The molecular weight excluding hydrogens is 186 g/mol. The second kappa shape index (κ2) is 7.05. The quantitative estimate of drug-likeness (QED) is 0.540. The molecule has 0 radical (unpaired) electrons. The van der Waals surface area contributed by atoms with E-state index in [1.807, 2.05) is 6.20 Å². The third kappa shape index (κ3) is 4.16. The summed E-state index contributed by atoms with van der Waals surface area (Å²) >= 11 is 0. The van der Waals surface area contributed by atoms with E-state index in [2.05, 4.69) is 28.7 Å². The zero-order chi connectivity index (χ0) is 10.9. The number of aromatic amines is 1. The van der Waals surface area contributed by atoms with E-state index in [4.69, 9.17) is 5.26 Å². The third-order valence-corrected chi connectivity index (χ3v) is 2.56. The van der Waals surface area contributed by atoms with E-state index in [1.165, 1.54) is 18.7 Å². The maximum atomic E-state index is 8.43. The minimum absolute atomic E-state index is 0.676. The van der Waals surface area contributed by atoms with Crippen LogP contribution in [0.1, 0.15) is 44.9 Å². The lowest BCUT2D eigenvalue weighted by molar-refractivity contribution is -0.703. The van der Waals surface area contributed by atoms with Gasteiger partial charge in [-0.25, -0.2) is 9.55 Å². The normalized spacial score (nSPS) is 10.1. The average molecular weight is 206 g/mol. The van der Waals surface area contributed by atoms with Crippen molar-refractivity contribution in [1.29, 1.82) is 5.26 Å². The van der Waals surface area contributed by atoms with Crippen LogP contribution in [0.4, 0.5) is 0 Å². The number of imidazole rings is 1. The van der Waals surface area contributed by atoms with Gasteiger partial charge in [0.2, 0.25) is 0 Å². The van der Waals surface area contributed by atoms with Gasteiger partial charge in [0.05, 0.1) is 12.6 Å². The van der Waals surface area contributed by atoms with E-state index < -0.39 is 0 Å². The molecule has 0 spiro atoms. The Morgan fingerprint density at radius 3 is 3.00 bits per heavy atom. The Hall–Kier alpha value is -1.30. The third-order valence-electron chi connectivity index (χ3n) is 2.56. The van der Waals surface area contributed by atoms with Crippen LogP contribution < -0.4 is 4.57 Å². The van der Waals surface area contributed by atoms with E-state index in [0.717, 1.165) is 25.8 Å². The molecule has 15 heavy (non-hydrogen) atoms. The summed E-state index contributed by atoms with van der Waals surface area (Å²) in [4.78, 5) is 3.28. The summed E-state index contributed by atoms with van der Waals surface area (Å²) in [6, 6.07) is 2.18. The molecule has 1 N–H and O–H groups in total. The van der Waals surface area contributed by atoms with Gasteiger partial charge < -0.3 is 0 Å². The van der Waals surface area contributed by atoms with Crippen molar-refractivity contribution in [2.24, 2.45) is 0 Å². The highest BCUT2D eigenvalue weighted by atomic mass is 15.1. The maximum absolute atomic E-state index is 8.43. The van der Waals surface area contributed by atoms with Gasteiger partial charge in [-0.05, 0) is 19.3 Å². The minimum Gasteiger partial charge on any atom is -0.248 e. The van der Waals surface area contributed by atoms with Crippen molar-refractivity contribution in [3.8, 4) is 6.07 Å². The molecule has 82 valence electrons. The highest BCUT2D eigenvalue weighted by Crippen LogP contribution is 1.99. The number of aryl methyl sites for hydroxylation is 2. The molecule has 0 aliphatic rings. The Labute approximate surface area is 91.7 Å². The maximum Gasteiger partial charge on any atom is 0.254 e. The SMILES string of the molecule is CCCCc1[nH]cc[n+]1CCCCC#N. The van der Waals surface area contributed by atoms with Crippen LogP contribution in [0, 0.1) is 11.3 Å². The van der Waals surface area contributed by atoms with Crippen molar-refractivity contribution in [3.63, 3.8) is 0 Å². The zero-order valence-corrected chi connectivity index (χ0v) is 9.50. The Kier molecular flexibility index (Phi) is 5.54. The van der Waals surface area contributed by atoms with E-state index in [1.54, 1.807) is 0 Å². The van der Waals surface area contributed by atoms with Gasteiger partial charge in [0.15, 0.2) is 0 Å². The number of unbranched alkanes of at least 4 members (excludes halogenated alkanes) is 3. The molecule has 0 saturated carbocycles. The molecule has 0 fully saturated rings.